The molecule has 3 nitrogen and oxygen atoms in total. The summed E-state index contributed by atoms with van der Waals surface area (Å²) in [6.45, 7) is 6.40. The van der Waals surface area contributed by atoms with Crippen molar-refractivity contribution in [2.75, 3.05) is 18.0 Å². The van der Waals surface area contributed by atoms with E-state index in [1.165, 1.54) is 41.5 Å². The van der Waals surface area contributed by atoms with Crippen molar-refractivity contribution in [1.29, 1.82) is 0 Å². The zero-order valence-electron chi connectivity index (χ0n) is 11.5. The van der Waals surface area contributed by atoms with Gasteiger partial charge in [-0.25, -0.2) is 9.97 Å². The fourth-order valence-electron chi connectivity index (χ4n) is 2.84. The highest BCUT2D eigenvalue weighted by molar-refractivity contribution is 7.19. The summed E-state index contributed by atoms with van der Waals surface area (Å²) in [5, 5.41) is 1.33. The molecule has 0 atom stereocenters. The van der Waals surface area contributed by atoms with Gasteiger partial charge in [0.2, 0.25) is 0 Å². The van der Waals surface area contributed by atoms with Crippen LogP contribution in [0.2, 0.25) is 0 Å². The lowest BCUT2D eigenvalue weighted by molar-refractivity contribution is 0.700. The summed E-state index contributed by atoms with van der Waals surface area (Å²) in [7, 11) is 0. The first kappa shape index (κ1) is 14.5. The van der Waals surface area contributed by atoms with Crippen LogP contribution >= 0.6 is 23.7 Å². The van der Waals surface area contributed by atoms with Crippen LogP contribution in [0.1, 0.15) is 37.1 Å². The van der Waals surface area contributed by atoms with E-state index in [9.17, 15) is 0 Å². The van der Waals surface area contributed by atoms with Crippen LogP contribution in [0.25, 0.3) is 10.2 Å². The van der Waals surface area contributed by atoms with Crippen LogP contribution in [0.15, 0.2) is 6.33 Å². The lowest BCUT2D eigenvalue weighted by Crippen LogP contribution is -2.23. The summed E-state index contributed by atoms with van der Waals surface area (Å²) in [6.07, 6.45) is 6.79. The minimum atomic E-state index is 0. The van der Waals surface area contributed by atoms with Crippen LogP contribution in [0.3, 0.4) is 0 Å². The third-order valence-corrected chi connectivity index (χ3v) is 4.99. The van der Waals surface area contributed by atoms with Gasteiger partial charge in [0.15, 0.2) is 0 Å². The van der Waals surface area contributed by atoms with Crippen molar-refractivity contribution in [1.82, 2.24) is 9.97 Å². The minimum absolute atomic E-state index is 0. The second kappa shape index (κ2) is 6.06. The molecule has 0 aromatic carbocycles. The highest BCUT2D eigenvalue weighted by atomic mass is 35.5. The Morgan fingerprint density at radius 1 is 1.16 bits per heavy atom. The normalized spacial score (nSPS) is 14.0. The molecule has 0 N–H and O–H groups in total. The Bertz CT molecular complexity index is 563. The first-order valence-electron chi connectivity index (χ1n) is 6.85. The molecular weight excluding hydrogens is 278 g/mol. The van der Waals surface area contributed by atoms with E-state index in [4.69, 9.17) is 0 Å². The maximum absolute atomic E-state index is 4.55. The molecule has 2 aromatic rings. The predicted molar refractivity (Wildman–Crippen MR) is 84.9 cm³/mol. The molecule has 0 spiro atoms. The van der Waals surface area contributed by atoms with Crippen LogP contribution in [0, 0.1) is 0 Å². The van der Waals surface area contributed by atoms with Gasteiger partial charge < -0.3 is 4.90 Å². The van der Waals surface area contributed by atoms with Crippen molar-refractivity contribution in [2.45, 2.75) is 39.5 Å². The molecule has 19 heavy (non-hydrogen) atoms. The Kier molecular flexibility index (Phi) is 4.63. The molecule has 5 heteroatoms. The zero-order chi connectivity index (χ0) is 12.5. The van der Waals surface area contributed by atoms with Crippen LogP contribution in [-0.2, 0) is 12.8 Å². The highest BCUT2D eigenvalue weighted by Gasteiger charge is 2.21. The van der Waals surface area contributed by atoms with Crippen molar-refractivity contribution in [3.8, 4) is 0 Å². The summed E-state index contributed by atoms with van der Waals surface area (Å²) < 4.78 is 0. The van der Waals surface area contributed by atoms with E-state index in [0.717, 1.165) is 18.9 Å². The summed E-state index contributed by atoms with van der Waals surface area (Å²) >= 11 is 1.87. The fourth-order valence-corrected chi connectivity index (χ4v) is 4.06. The lowest BCUT2D eigenvalue weighted by atomic mass is 9.97. The average Bonchev–Trinajstić information content (AvgIpc) is 2.79. The molecule has 0 unspecified atom stereocenters. The van der Waals surface area contributed by atoms with E-state index in [1.807, 2.05) is 11.3 Å². The Morgan fingerprint density at radius 2 is 1.89 bits per heavy atom. The van der Waals surface area contributed by atoms with Crippen molar-refractivity contribution in [3.63, 3.8) is 0 Å². The second-order valence-corrected chi connectivity index (χ2v) is 5.84. The lowest BCUT2D eigenvalue weighted by Gasteiger charge is -2.21. The molecular formula is C14H20ClN3S. The largest absolute Gasteiger partial charge is 0.357 e. The first-order chi connectivity index (χ1) is 8.85. The van der Waals surface area contributed by atoms with Gasteiger partial charge in [-0.15, -0.1) is 23.7 Å². The average molecular weight is 298 g/mol. The third-order valence-electron chi connectivity index (χ3n) is 3.79. The van der Waals surface area contributed by atoms with Gasteiger partial charge in [-0.1, -0.05) is 0 Å². The smallest absolute Gasteiger partial charge is 0.141 e. The predicted octanol–water partition coefficient (Wildman–Crippen LogP) is 3.84. The number of hydrogen-bond acceptors (Lipinski definition) is 4. The van der Waals surface area contributed by atoms with Gasteiger partial charge in [-0.05, 0) is 45.1 Å². The van der Waals surface area contributed by atoms with Crippen LogP contribution in [0.4, 0.5) is 5.82 Å². The second-order valence-electron chi connectivity index (χ2n) is 4.76. The van der Waals surface area contributed by atoms with Gasteiger partial charge in [-0.2, -0.15) is 0 Å². The van der Waals surface area contributed by atoms with Crippen molar-refractivity contribution in [2.24, 2.45) is 0 Å². The Balaban J connectivity index is 0.00000133. The van der Waals surface area contributed by atoms with Crippen molar-refractivity contribution >= 4 is 39.8 Å². The first-order valence-corrected chi connectivity index (χ1v) is 7.67. The number of fused-ring (bicyclic) bond motifs is 3. The molecule has 2 aromatic heterocycles. The van der Waals surface area contributed by atoms with Crippen LogP contribution in [-0.4, -0.2) is 23.1 Å². The molecule has 1 aliphatic rings. The topological polar surface area (TPSA) is 29.0 Å². The fraction of sp³-hybridized carbons (Fsp3) is 0.571. The summed E-state index contributed by atoms with van der Waals surface area (Å²) in [4.78, 5) is 14.1. The maximum Gasteiger partial charge on any atom is 0.141 e. The van der Waals surface area contributed by atoms with Gasteiger partial charge in [0.05, 0.1) is 5.39 Å². The molecule has 2 heterocycles. The van der Waals surface area contributed by atoms with E-state index in [0.29, 0.717) is 0 Å². The number of aryl methyl sites for hydroxylation is 2. The van der Waals surface area contributed by atoms with Gasteiger partial charge in [0.25, 0.3) is 0 Å². The van der Waals surface area contributed by atoms with Gasteiger partial charge >= 0.3 is 0 Å². The van der Waals surface area contributed by atoms with Crippen LogP contribution < -0.4 is 4.90 Å². The molecule has 104 valence electrons. The highest BCUT2D eigenvalue weighted by Crippen LogP contribution is 2.39. The zero-order valence-corrected chi connectivity index (χ0v) is 13.1. The van der Waals surface area contributed by atoms with Gasteiger partial charge in [0.1, 0.15) is 17.0 Å². The Morgan fingerprint density at radius 3 is 2.63 bits per heavy atom. The monoisotopic (exact) mass is 297 g/mol. The number of rotatable bonds is 3. The quantitative estimate of drug-likeness (QED) is 0.862. The number of halogens is 1. The Hall–Kier alpha value is -0.870. The number of hydrogen-bond donors (Lipinski definition) is 0. The number of aromatic nitrogens is 2. The maximum atomic E-state index is 4.55. The summed E-state index contributed by atoms with van der Waals surface area (Å²) in [5.74, 6) is 1.14. The van der Waals surface area contributed by atoms with E-state index in [2.05, 4.69) is 28.7 Å². The van der Waals surface area contributed by atoms with E-state index in [1.54, 1.807) is 11.2 Å². The number of anilines is 1. The third kappa shape index (κ3) is 2.43. The van der Waals surface area contributed by atoms with Crippen molar-refractivity contribution < 1.29 is 0 Å². The minimum Gasteiger partial charge on any atom is -0.357 e. The van der Waals surface area contributed by atoms with Gasteiger partial charge in [-0.3, -0.25) is 0 Å². The molecule has 0 radical (unpaired) electrons. The van der Waals surface area contributed by atoms with E-state index < -0.39 is 0 Å². The summed E-state index contributed by atoms with van der Waals surface area (Å²) in [6, 6.07) is 0. The molecule has 0 amide bonds. The van der Waals surface area contributed by atoms with Crippen LogP contribution in [0.5, 0.6) is 0 Å². The molecule has 0 saturated carbocycles. The summed E-state index contributed by atoms with van der Waals surface area (Å²) in [5.41, 5.74) is 1.53. The van der Waals surface area contributed by atoms with Gasteiger partial charge in [0, 0.05) is 18.0 Å². The SMILES string of the molecule is CCN(CC)c1ncnc2sc3c(c12)CCCC3.Cl. The Labute approximate surface area is 124 Å². The number of nitrogens with zero attached hydrogens (tertiary/aromatic N) is 3. The standard InChI is InChI=1S/C14H19N3S.ClH/c1-3-17(4-2)13-12-10-7-5-6-8-11(10)18-14(12)16-9-15-13;/h9H,3-8H2,1-2H3;1H. The van der Waals surface area contributed by atoms with E-state index in [-0.39, 0.29) is 12.4 Å². The molecule has 0 saturated heterocycles. The number of thiophene rings is 1. The van der Waals surface area contributed by atoms with E-state index >= 15 is 0 Å². The molecule has 0 bridgehead atoms. The van der Waals surface area contributed by atoms with Crippen molar-refractivity contribution in [3.05, 3.63) is 16.8 Å². The molecule has 3 rings (SSSR count). The molecule has 0 aliphatic heterocycles. The molecule has 1 aliphatic carbocycles. The molecule has 0 fully saturated rings.